The average Bonchev–Trinajstić information content (AvgIpc) is 2.96. The van der Waals surface area contributed by atoms with Crippen LogP contribution in [0.2, 0.25) is 0 Å². The summed E-state index contributed by atoms with van der Waals surface area (Å²) in [6.45, 7) is 5.39. The number of aromatic nitrogens is 3. The Bertz CT molecular complexity index is 679. The lowest BCUT2D eigenvalue weighted by Gasteiger charge is -2.28. The minimum atomic E-state index is -0.193. The molecule has 1 aliphatic heterocycles. The minimum Gasteiger partial charge on any atom is -0.370 e. The molecule has 1 atom stereocenters. The molecule has 6 heteroatoms. The van der Waals surface area contributed by atoms with E-state index in [0.29, 0.717) is 12.1 Å². The van der Waals surface area contributed by atoms with Gasteiger partial charge in [-0.25, -0.2) is 4.39 Å². The summed E-state index contributed by atoms with van der Waals surface area (Å²) in [5.74, 6) is 1.41. The molecule has 24 heavy (non-hydrogen) atoms. The van der Waals surface area contributed by atoms with Crippen LogP contribution in [0.4, 0.5) is 10.3 Å². The fraction of sp³-hybridized carbons (Fsp3) is 0.556. The highest BCUT2D eigenvalue weighted by atomic mass is 19.1. The standard InChI is InChI=1S/C18H25FN4O/c1-13(2)23(12-14-8-4-5-9-15(14)19)18-21-20-17(22(18)3)16-10-6-7-11-24-16/h4-5,8-9,13,16H,6-7,10-12H2,1-3H3. The number of hydrogen-bond donors (Lipinski definition) is 0. The predicted octanol–water partition coefficient (Wildman–Crippen LogP) is 3.61. The molecule has 1 aromatic heterocycles. The second kappa shape index (κ2) is 7.30. The first-order chi connectivity index (χ1) is 11.6. The first kappa shape index (κ1) is 16.9. The Kier molecular flexibility index (Phi) is 5.14. The van der Waals surface area contributed by atoms with E-state index in [1.54, 1.807) is 6.07 Å². The molecule has 1 aliphatic rings. The Hall–Kier alpha value is -1.95. The van der Waals surface area contributed by atoms with Crippen LogP contribution in [-0.2, 0) is 18.3 Å². The Balaban J connectivity index is 1.86. The Morgan fingerprint density at radius 1 is 1.29 bits per heavy atom. The van der Waals surface area contributed by atoms with Crippen molar-refractivity contribution in [3.63, 3.8) is 0 Å². The molecule has 1 fully saturated rings. The molecule has 1 saturated heterocycles. The molecule has 2 heterocycles. The van der Waals surface area contributed by atoms with Crippen molar-refractivity contribution in [3.05, 3.63) is 41.5 Å². The van der Waals surface area contributed by atoms with Gasteiger partial charge in [-0.3, -0.25) is 4.57 Å². The molecule has 1 unspecified atom stereocenters. The summed E-state index contributed by atoms with van der Waals surface area (Å²) >= 11 is 0. The van der Waals surface area contributed by atoms with Crippen LogP contribution in [0.5, 0.6) is 0 Å². The van der Waals surface area contributed by atoms with E-state index in [9.17, 15) is 4.39 Å². The van der Waals surface area contributed by atoms with Gasteiger partial charge < -0.3 is 9.64 Å². The Morgan fingerprint density at radius 3 is 2.75 bits per heavy atom. The highest BCUT2D eigenvalue weighted by molar-refractivity contribution is 5.35. The van der Waals surface area contributed by atoms with Crippen molar-refractivity contribution < 1.29 is 9.13 Å². The molecule has 130 valence electrons. The van der Waals surface area contributed by atoms with E-state index in [1.807, 2.05) is 23.7 Å². The fourth-order valence-electron chi connectivity index (χ4n) is 3.10. The summed E-state index contributed by atoms with van der Waals surface area (Å²) in [5, 5.41) is 8.73. The number of hydrogen-bond acceptors (Lipinski definition) is 4. The van der Waals surface area contributed by atoms with Gasteiger partial charge in [0, 0.05) is 31.8 Å². The smallest absolute Gasteiger partial charge is 0.227 e. The van der Waals surface area contributed by atoms with Crippen molar-refractivity contribution in [2.24, 2.45) is 7.05 Å². The zero-order chi connectivity index (χ0) is 17.1. The van der Waals surface area contributed by atoms with Crippen LogP contribution >= 0.6 is 0 Å². The third-order valence-electron chi connectivity index (χ3n) is 4.53. The number of benzene rings is 1. The van der Waals surface area contributed by atoms with Crippen molar-refractivity contribution in [3.8, 4) is 0 Å². The van der Waals surface area contributed by atoms with Gasteiger partial charge in [-0.2, -0.15) is 0 Å². The lowest BCUT2D eigenvalue weighted by molar-refractivity contribution is 0.00769. The van der Waals surface area contributed by atoms with Gasteiger partial charge in [-0.15, -0.1) is 10.2 Å². The van der Waals surface area contributed by atoms with E-state index in [-0.39, 0.29) is 18.0 Å². The first-order valence-corrected chi connectivity index (χ1v) is 8.59. The van der Waals surface area contributed by atoms with Crippen LogP contribution in [0.1, 0.15) is 50.6 Å². The van der Waals surface area contributed by atoms with Gasteiger partial charge in [0.05, 0.1) is 0 Å². The highest BCUT2D eigenvalue weighted by Gasteiger charge is 2.25. The van der Waals surface area contributed by atoms with Crippen LogP contribution in [0.3, 0.4) is 0 Å². The summed E-state index contributed by atoms with van der Waals surface area (Å²) in [4.78, 5) is 2.07. The molecule has 5 nitrogen and oxygen atoms in total. The van der Waals surface area contributed by atoms with E-state index >= 15 is 0 Å². The molecule has 0 aliphatic carbocycles. The summed E-state index contributed by atoms with van der Waals surface area (Å²) in [6.07, 6.45) is 3.23. The number of nitrogens with zero attached hydrogens (tertiary/aromatic N) is 4. The van der Waals surface area contributed by atoms with Gasteiger partial charge in [0.15, 0.2) is 5.82 Å². The second-order valence-corrected chi connectivity index (χ2v) is 6.59. The molecule has 0 bridgehead atoms. The third kappa shape index (κ3) is 3.43. The van der Waals surface area contributed by atoms with Crippen LogP contribution in [0.25, 0.3) is 0 Å². The number of rotatable bonds is 5. The maximum atomic E-state index is 14.0. The van der Waals surface area contributed by atoms with Crippen molar-refractivity contribution >= 4 is 5.95 Å². The monoisotopic (exact) mass is 332 g/mol. The zero-order valence-corrected chi connectivity index (χ0v) is 14.6. The quantitative estimate of drug-likeness (QED) is 0.839. The molecule has 2 aromatic rings. The van der Waals surface area contributed by atoms with Crippen molar-refractivity contribution in [1.29, 1.82) is 0 Å². The van der Waals surface area contributed by atoms with Crippen molar-refractivity contribution in [2.75, 3.05) is 11.5 Å². The Labute approximate surface area is 142 Å². The lowest BCUT2D eigenvalue weighted by Crippen LogP contribution is -2.33. The molecule has 1 aromatic carbocycles. The van der Waals surface area contributed by atoms with Gasteiger partial charge in [0.25, 0.3) is 0 Å². The summed E-state index contributed by atoms with van der Waals surface area (Å²) in [6, 6.07) is 7.04. The second-order valence-electron chi connectivity index (χ2n) is 6.59. The molecule has 0 radical (unpaired) electrons. The van der Waals surface area contributed by atoms with Crippen LogP contribution in [0, 0.1) is 5.82 Å². The van der Waals surface area contributed by atoms with Crippen molar-refractivity contribution in [1.82, 2.24) is 14.8 Å². The maximum Gasteiger partial charge on any atom is 0.227 e. The average molecular weight is 332 g/mol. The van der Waals surface area contributed by atoms with E-state index in [0.717, 1.165) is 37.6 Å². The van der Waals surface area contributed by atoms with E-state index in [4.69, 9.17) is 4.74 Å². The van der Waals surface area contributed by atoms with Crippen LogP contribution in [-0.4, -0.2) is 27.4 Å². The highest BCUT2D eigenvalue weighted by Crippen LogP contribution is 2.29. The SMILES string of the molecule is CC(C)N(Cc1ccccc1F)c1nnc(C2CCCCO2)n1C. The largest absolute Gasteiger partial charge is 0.370 e. The zero-order valence-electron chi connectivity index (χ0n) is 14.6. The van der Waals surface area contributed by atoms with Gasteiger partial charge in [0.2, 0.25) is 5.95 Å². The molecule has 0 amide bonds. The normalized spacial score (nSPS) is 18.1. The van der Waals surface area contributed by atoms with E-state index in [1.165, 1.54) is 6.07 Å². The topological polar surface area (TPSA) is 43.2 Å². The summed E-state index contributed by atoms with van der Waals surface area (Å²) in [7, 11) is 1.96. The number of ether oxygens (including phenoxy) is 1. The van der Waals surface area contributed by atoms with E-state index in [2.05, 4.69) is 28.9 Å². The van der Waals surface area contributed by atoms with Crippen LogP contribution in [0.15, 0.2) is 24.3 Å². The number of anilines is 1. The minimum absolute atomic E-state index is 0.00692. The molecule has 0 spiro atoms. The number of halogens is 1. The summed E-state index contributed by atoms with van der Waals surface area (Å²) < 4.78 is 21.9. The van der Waals surface area contributed by atoms with Gasteiger partial charge in [-0.05, 0) is 39.2 Å². The molecule has 0 saturated carbocycles. The van der Waals surface area contributed by atoms with Crippen LogP contribution < -0.4 is 4.90 Å². The predicted molar refractivity (Wildman–Crippen MR) is 91.3 cm³/mol. The lowest BCUT2D eigenvalue weighted by atomic mass is 10.1. The maximum absolute atomic E-state index is 14.0. The van der Waals surface area contributed by atoms with E-state index < -0.39 is 0 Å². The molecular formula is C18H25FN4O. The molecule has 3 rings (SSSR count). The molecular weight excluding hydrogens is 307 g/mol. The third-order valence-corrected chi connectivity index (χ3v) is 4.53. The van der Waals surface area contributed by atoms with Gasteiger partial charge in [0.1, 0.15) is 11.9 Å². The van der Waals surface area contributed by atoms with Crippen molar-refractivity contribution in [2.45, 2.75) is 51.8 Å². The molecule has 0 N–H and O–H groups in total. The summed E-state index contributed by atoms with van der Waals surface area (Å²) in [5.41, 5.74) is 0.657. The fourth-order valence-corrected chi connectivity index (χ4v) is 3.10. The Morgan fingerprint density at radius 2 is 2.08 bits per heavy atom. The first-order valence-electron chi connectivity index (χ1n) is 8.59. The van der Waals surface area contributed by atoms with Gasteiger partial charge in [-0.1, -0.05) is 18.2 Å². The van der Waals surface area contributed by atoms with Gasteiger partial charge >= 0.3 is 0 Å².